The summed E-state index contributed by atoms with van der Waals surface area (Å²) in [5.74, 6) is 1.59. The zero-order chi connectivity index (χ0) is 17.5. The molecule has 2 aromatic rings. The summed E-state index contributed by atoms with van der Waals surface area (Å²) in [4.78, 5) is 13.3. The first-order chi connectivity index (χ1) is 11.5. The van der Waals surface area contributed by atoms with E-state index in [9.17, 15) is 4.79 Å². The van der Waals surface area contributed by atoms with Crippen molar-refractivity contribution in [2.45, 2.75) is 25.7 Å². The summed E-state index contributed by atoms with van der Waals surface area (Å²) in [5, 5.41) is 2.89. The Bertz CT molecular complexity index is 716. The highest BCUT2D eigenvalue weighted by Gasteiger charge is 2.09. The van der Waals surface area contributed by atoms with Gasteiger partial charge < -0.3 is 14.8 Å². The molecule has 0 radical (unpaired) electrons. The summed E-state index contributed by atoms with van der Waals surface area (Å²) >= 11 is 1.54. The topological polar surface area (TPSA) is 47.6 Å². The Labute approximate surface area is 147 Å². The van der Waals surface area contributed by atoms with Crippen molar-refractivity contribution in [2.75, 3.05) is 24.8 Å². The third-order valence-electron chi connectivity index (χ3n) is 3.45. The van der Waals surface area contributed by atoms with Gasteiger partial charge in [0.2, 0.25) is 5.91 Å². The Morgan fingerprint density at radius 3 is 2.62 bits per heavy atom. The summed E-state index contributed by atoms with van der Waals surface area (Å²) in [6.07, 6.45) is 0. The molecule has 1 amide bonds. The van der Waals surface area contributed by atoms with Crippen LogP contribution in [0.2, 0.25) is 0 Å². The largest absolute Gasteiger partial charge is 0.493 e. The molecule has 0 aliphatic rings. The highest BCUT2D eigenvalue weighted by Crippen LogP contribution is 2.30. The first kappa shape index (κ1) is 18.2. The summed E-state index contributed by atoms with van der Waals surface area (Å²) in [5.41, 5.74) is 3.07. The molecule has 4 nitrogen and oxygen atoms in total. The van der Waals surface area contributed by atoms with E-state index in [1.807, 2.05) is 13.0 Å². The summed E-state index contributed by atoms with van der Waals surface area (Å²) in [6, 6.07) is 11.6. The highest BCUT2D eigenvalue weighted by molar-refractivity contribution is 8.00. The summed E-state index contributed by atoms with van der Waals surface area (Å²) in [7, 11) is 1.58. The minimum Gasteiger partial charge on any atom is -0.493 e. The molecule has 0 heterocycles. The van der Waals surface area contributed by atoms with E-state index in [4.69, 9.17) is 9.47 Å². The van der Waals surface area contributed by atoms with Gasteiger partial charge in [0.25, 0.3) is 0 Å². The lowest BCUT2D eigenvalue weighted by Crippen LogP contribution is -2.14. The van der Waals surface area contributed by atoms with Crippen LogP contribution in [0.3, 0.4) is 0 Å². The lowest BCUT2D eigenvalue weighted by molar-refractivity contribution is -0.113. The molecule has 2 rings (SSSR count). The maximum absolute atomic E-state index is 12.2. The van der Waals surface area contributed by atoms with Crippen molar-refractivity contribution in [1.29, 1.82) is 0 Å². The van der Waals surface area contributed by atoms with Gasteiger partial charge in [-0.3, -0.25) is 4.79 Å². The Morgan fingerprint density at radius 2 is 1.92 bits per heavy atom. The SMILES string of the molecule is CCOc1ccc(NC(=O)CSc2cc(C)ccc2C)cc1OC. The van der Waals surface area contributed by atoms with Gasteiger partial charge in [0, 0.05) is 16.6 Å². The number of hydrogen-bond acceptors (Lipinski definition) is 4. The molecule has 1 N–H and O–H groups in total. The minimum atomic E-state index is -0.0490. The highest BCUT2D eigenvalue weighted by atomic mass is 32.2. The van der Waals surface area contributed by atoms with Gasteiger partial charge in [0.05, 0.1) is 19.5 Å². The average molecular weight is 345 g/mol. The predicted octanol–water partition coefficient (Wildman–Crippen LogP) is 4.44. The number of benzene rings is 2. The van der Waals surface area contributed by atoms with E-state index in [1.165, 1.54) is 11.1 Å². The standard InChI is InChI=1S/C19H23NO3S/c1-5-23-16-9-8-15(11-17(16)22-4)20-19(21)12-24-18-10-13(2)6-7-14(18)3/h6-11H,5,12H2,1-4H3,(H,20,21). The van der Waals surface area contributed by atoms with E-state index in [0.717, 1.165) is 4.90 Å². The third-order valence-corrected chi connectivity index (χ3v) is 4.61. The van der Waals surface area contributed by atoms with Crippen molar-refractivity contribution in [2.24, 2.45) is 0 Å². The fraction of sp³-hybridized carbons (Fsp3) is 0.316. The van der Waals surface area contributed by atoms with E-state index in [2.05, 4.69) is 37.4 Å². The molecule has 24 heavy (non-hydrogen) atoms. The molecule has 0 fully saturated rings. The number of ether oxygens (including phenoxy) is 2. The van der Waals surface area contributed by atoms with Crippen LogP contribution in [0, 0.1) is 13.8 Å². The summed E-state index contributed by atoms with van der Waals surface area (Å²) in [6.45, 7) is 6.58. The van der Waals surface area contributed by atoms with Gasteiger partial charge in [0.1, 0.15) is 0 Å². The Hall–Kier alpha value is -2.14. The number of aryl methyl sites for hydroxylation is 2. The van der Waals surface area contributed by atoms with Crippen molar-refractivity contribution in [1.82, 2.24) is 0 Å². The van der Waals surface area contributed by atoms with Crippen LogP contribution in [-0.2, 0) is 4.79 Å². The first-order valence-corrected chi connectivity index (χ1v) is 8.82. The molecule has 5 heteroatoms. The maximum Gasteiger partial charge on any atom is 0.234 e. The van der Waals surface area contributed by atoms with Gasteiger partial charge in [-0.15, -0.1) is 11.8 Å². The third kappa shape index (κ3) is 4.93. The fourth-order valence-corrected chi connectivity index (χ4v) is 3.15. The molecule has 0 saturated carbocycles. The van der Waals surface area contributed by atoms with Gasteiger partial charge in [0.15, 0.2) is 11.5 Å². The molecule has 0 unspecified atom stereocenters. The minimum absolute atomic E-state index is 0.0490. The first-order valence-electron chi connectivity index (χ1n) is 7.84. The molecule has 0 spiro atoms. The second kappa shape index (κ2) is 8.64. The van der Waals surface area contributed by atoms with Crippen molar-refractivity contribution in [3.05, 3.63) is 47.5 Å². The number of thioether (sulfide) groups is 1. The van der Waals surface area contributed by atoms with Crippen LogP contribution < -0.4 is 14.8 Å². The number of amides is 1. The van der Waals surface area contributed by atoms with E-state index >= 15 is 0 Å². The molecule has 128 valence electrons. The van der Waals surface area contributed by atoms with Crippen LogP contribution in [0.4, 0.5) is 5.69 Å². The molecule has 0 bridgehead atoms. The molecular formula is C19H23NO3S. The van der Waals surface area contributed by atoms with E-state index in [1.54, 1.807) is 31.0 Å². The van der Waals surface area contributed by atoms with Gasteiger partial charge >= 0.3 is 0 Å². The Morgan fingerprint density at radius 1 is 1.12 bits per heavy atom. The lowest BCUT2D eigenvalue weighted by Gasteiger charge is -2.12. The second-order valence-electron chi connectivity index (χ2n) is 5.40. The quantitative estimate of drug-likeness (QED) is 0.754. The summed E-state index contributed by atoms with van der Waals surface area (Å²) < 4.78 is 10.8. The van der Waals surface area contributed by atoms with Crippen molar-refractivity contribution < 1.29 is 14.3 Å². The van der Waals surface area contributed by atoms with E-state index in [-0.39, 0.29) is 5.91 Å². The van der Waals surface area contributed by atoms with Crippen molar-refractivity contribution in [3.63, 3.8) is 0 Å². The van der Waals surface area contributed by atoms with E-state index < -0.39 is 0 Å². The average Bonchev–Trinajstić information content (AvgIpc) is 2.57. The number of hydrogen-bond donors (Lipinski definition) is 1. The molecule has 2 aromatic carbocycles. The van der Waals surface area contributed by atoms with Gasteiger partial charge in [-0.2, -0.15) is 0 Å². The molecule has 0 saturated heterocycles. The van der Waals surface area contributed by atoms with Gasteiger partial charge in [-0.1, -0.05) is 17.7 Å². The normalized spacial score (nSPS) is 10.3. The number of anilines is 1. The van der Waals surface area contributed by atoms with Crippen LogP contribution in [0.25, 0.3) is 0 Å². The fourth-order valence-electron chi connectivity index (χ4n) is 2.22. The second-order valence-corrected chi connectivity index (χ2v) is 6.42. The van der Waals surface area contributed by atoms with E-state index in [0.29, 0.717) is 29.5 Å². The molecular weight excluding hydrogens is 322 g/mol. The van der Waals surface area contributed by atoms with Crippen LogP contribution in [0.1, 0.15) is 18.1 Å². The number of methoxy groups -OCH3 is 1. The number of carbonyl (C=O) groups is 1. The van der Waals surface area contributed by atoms with Gasteiger partial charge in [-0.05, 0) is 44.5 Å². The monoisotopic (exact) mass is 345 g/mol. The molecule has 0 aliphatic heterocycles. The maximum atomic E-state index is 12.2. The van der Waals surface area contributed by atoms with Crippen LogP contribution in [0.15, 0.2) is 41.3 Å². The number of nitrogens with one attached hydrogen (secondary N) is 1. The smallest absolute Gasteiger partial charge is 0.234 e. The zero-order valence-electron chi connectivity index (χ0n) is 14.5. The molecule has 0 aromatic heterocycles. The number of carbonyl (C=O) groups excluding carboxylic acids is 1. The number of rotatable bonds is 7. The Kier molecular flexibility index (Phi) is 6.55. The van der Waals surface area contributed by atoms with Crippen molar-refractivity contribution in [3.8, 4) is 11.5 Å². The predicted molar refractivity (Wildman–Crippen MR) is 99.4 cm³/mol. The van der Waals surface area contributed by atoms with Crippen LogP contribution >= 0.6 is 11.8 Å². The van der Waals surface area contributed by atoms with Gasteiger partial charge in [-0.25, -0.2) is 0 Å². The Balaban J connectivity index is 1.98. The van der Waals surface area contributed by atoms with Crippen molar-refractivity contribution >= 4 is 23.4 Å². The van der Waals surface area contributed by atoms with Crippen LogP contribution in [-0.4, -0.2) is 25.4 Å². The van der Waals surface area contributed by atoms with Crippen LogP contribution in [0.5, 0.6) is 11.5 Å². The zero-order valence-corrected chi connectivity index (χ0v) is 15.3. The lowest BCUT2D eigenvalue weighted by atomic mass is 10.2. The molecule has 0 aliphatic carbocycles. The molecule has 0 atom stereocenters.